The predicted molar refractivity (Wildman–Crippen MR) is 79.0 cm³/mol. The Kier molecular flexibility index (Phi) is 6.29. The molecule has 0 aliphatic rings. The van der Waals surface area contributed by atoms with Crippen LogP contribution in [0.1, 0.15) is 30.6 Å². The Morgan fingerprint density at radius 1 is 1.48 bits per heavy atom. The van der Waals surface area contributed by atoms with Gasteiger partial charge < -0.3 is 10.1 Å². The van der Waals surface area contributed by atoms with Gasteiger partial charge in [-0.1, -0.05) is 6.92 Å². The zero-order valence-electron chi connectivity index (χ0n) is 11.6. The predicted octanol–water partition coefficient (Wildman–Crippen LogP) is 2.43. The molecule has 0 aliphatic heterocycles. The average Bonchev–Trinajstić information content (AvgIpc) is 2.44. The van der Waals surface area contributed by atoms with Gasteiger partial charge in [0.2, 0.25) is 0 Å². The number of halogens is 1. The Bertz CT molecular complexity index is 561. The Morgan fingerprint density at radius 3 is 2.71 bits per heavy atom. The number of nitro groups is 1. The van der Waals surface area contributed by atoms with Gasteiger partial charge in [-0.05, 0) is 41.4 Å². The van der Waals surface area contributed by atoms with Crippen molar-refractivity contribution < 1.29 is 19.2 Å². The van der Waals surface area contributed by atoms with Crippen molar-refractivity contribution in [1.82, 2.24) is 5.32 Å². The quantitative estimate of drug-likeness (QED) is 0.478. The van der Waals surface area contributed by atoms with Gasteiger partial charge in [-0.25, -0.2) is 4.79 Å². The van der Waals surface area contributed by atoms with Crippen LogP contribution in [-0.2, 0) is 9.53 Å². The number of hydrogen-bond donors (Lipinski definition) is 1. The number of nitrogens with zero attached hydrogens (tertiary/aromatic N) is 1. The Balaban J connectivity index is 2.78. The first kappa shape index (κ1) is 17.1. The summed E-state index contributed by atoms with van der Waals surface area (Å²) in [6, 6.07) is 3.87. The molecule has 7 nitrogen and oxygen atoms in total. The molecule has 0 bridgehead atoms. The molecule has 0 spiro atoms. The Morgan fingerprint density at radius 2 is 2.14 bits per heavy atom. The van der Waals surface area contributed by atoms with E-state index >= 15 is 0 Å². The first-order chi connectivity index (χ1) is 9.86. The van der Waals surface area contributed by atoms with E-state index < -0.39 is 22.9 Å². The van der Waals surface area contributed by atoms with Crippen molar-refractivity contribution in [3.63, 3.8) is 0 Å². The minimum atomic E-state index is -0.966. The van der Waals surface area contributed by atoms with Crippen LogP contribution in [0.25, 0.3) is 0 Å². The maximum atomic E-state index is 11.9. The van der Waals surface area contributed by atoms with Gasteiger partial charge in [0.05, 0.1) is 15.0 Å². The van der Waals surface area contributed by atoms with Crippen LogP contribution in [0, 0.1) is 10.1 Å². The van der Waals surface area contributed by atoms with Gasteiger partial charge in [0, 0.05) is 12.6 Å². The number of rotatable bonds is 6. The number of hydrogen-bond acceptors (Lipinski definition) is 5. The standard InChI is InChI=1S/C13H15BrN2O5/c1-3-6-15-12(17)8(2)21-13(18)9-4-5-10(14)11(7-9)16(19)20/h4-5,7-8H,3,6H2,1-2H3,(H,15,17)/t8-/m0/s1. The van der Waals surface area contributed by atoms with Crippen LogP contribution >= 0.6 is 15.9 Å². The van der Waals surface area contributed by atoms with Crippen molar-refractivity contribution in [2.24, 2.45) is 0 Å². The lowest BCUT2D eigenvalue weighted by atomic mass is 10.2. The molecule has 0 saturated carbocycles. The van der Waals surface area contributed by atoms with E-state index in [1.54, 1.807) is 0 Å². The zero-order chi connectivity index (χ0) is 16.0. The fraction of sp³-hybridized carbons (Fsp3) is 0.385. The number of amides is 1. The molecule has 0 aliphatic carbocycles. The topological polar surface area (TPSA) is 98.5 Å². The summed E-state index contributed by atoms with van der Waals surface area (Å²) >= 11 is 3.02. The first-order valence-electron chi connectivity index (χ1n) is 6.29. The molecule has 0 heterocycles. The number of esters is 1. The SMILES string of the molecule is CCCNC(=O)[C@H](C)OC(=O)c1ccc(Br)c([N+](=O)[O-])c1. The van der Waals surface area contributed by atoms with Crippen molar-refractivity contribution >= 4 is 33.5 Å². The molecule has 1 rings (SSSR count). The smallest absolute Gasteiger partial charge is 0.339 e. The van der Waals surface area contributed by atoms with Gasteiger partial charge in [-0.15, -0.1) is 0 Å². The van der Waals surface area contributed by atoms with Crippen molar-refractivity contribution in [3.8, 4) is 0 Å². The summed E-state index contributed by atoms with van der Waals surface area (Å²) < 4.78 is 5.24. The molecule has 1 aromatic carbocycles. The van der Waals surface area contributed by atoms with E-state index in [1.807, 2.05) is 6.92 Å². The van der Waals surface area contributed by atoms with Crippen molar-refractivity contribution in [3.05, 3.63) is 38.3 Å². The zero-order valence-corrected chi connectivity index (χ0v) is 13.2. The molecule has 0 aromatic heterocycles. The molecule has 21 heavy (non-hydrogen) atoms. The van der Waals surface area contributed by atoms with Gasteiger partial charge in [-0.3, -0.25) is 14.9 Å². The molecule has 0 saturated heterocycles. The highest BCUT2D eigenvalue weighted by Gasteiger charge is 2.21. The molecule has 0 unspecified atom stereocenters. The van der Waals surface area contributed by atoms with Crippen molar-refractivity contribution in [2.75, 3.05) is 6.54 Å². The maximum Gasteiger partial charge on any atom is 0.339 e. The number of nitrogens with one attached hydrogen (secondary N) is 1. The Labute approximate surface area is 129 Å². The molecule has 0 fully saturated rings. The van der Waals surface area contributed by atoms with Crippen LogP contribution in [-0.4, -0.2) is 29.4 Å². The largest absolute Gasteiger partial charge is 0.449 e. The van der Waals surface area contributed by atoms with Gasteiger partial charge in [-0.2, -0.15) is 0 Å². The van der Waals surface area contributed by atoms with E-state index in [1.165, 1.54) is 19.1 Å². The molecular formula is C13H15BrN2O5. The highest BCUT2D eigenvalue weighted by Crippen LogP contribution is 2.26. The van der Waals surface area contributed by atoms with Gasteiger partial charge in [0.1, 0.15) is 0 Å². The van der Waals surface area contributed by atoms with E-state index in [0.717, 1.165) is 12.5 Å². The van der Waals surface area contributed by atoms with Gasteiger partial charge >= 0.3 is 5.97 Å². The van der Waals surface area contributed by atoms with Crippen LogP contribution in [0.2, 0.25) is 0 Å². The molecule has 114 valence electrons. The maximum absolute atomic E-state index is 11.9. The second-order valence-corrected chi connectivity index (χ2v) is 5.12. The molecule has 0 radical (unpaired) electrons. The van der Waals surface area contributed by atoms with Crippen molar-refractivity contribution in [2.45, 2.75) is 26.4 Å². The van der Waals surface area contributed by atoms with Crippen LogP contribution in [0.15, 0.2) is 22.7 Å². The molecule has 1 amide bonds. The second-order valence-electron chi connectivity index (χ2n) is 4.26. The first-order valence-corrected chi connectivity index (χ1v) is 7.08. The lowest BCUT2D eigenvalue weighted by Gasteiger charge is -2.13. The third-order valence-corrected chi connectivity index (χ3v) is 3.25. The Hall–Kier alpha value is -1.96. The van der Waals surface area contributed by atoms with E-state index in [9.17, 15) is 19.7 Å². The summed E-state index contributed by atoms with van der Waals surface area (Å²) in [5.41, 5.74) is -0.229. The van der Waals surface area contributed by atoms with Crippen LogP contribution in [0.4, 0.5) is 5.69 Å². The highest BCUT2D eigenvalue weighted by molar-refractivity contribution is 9.10. The fourth-order valence-electron chi connectivity index (χ4n) is 1.45. The summed E-state index contributed by atoms with van der Waals surface area (Å²) in [6.07, 6.45) is -0.197. The summed E-state index contributed by atoms with van der Waals surface area (Å²) in [7, 11) is 0. The van der Waals surface area contributed by atoms with Crippen molar-refractivity contribution in [1.29, 1.82) is 0 Å². The van der Waals surface area contributed by atoms with Crippen LogP contribution in [0.3, 0.4) is 0 Å². The fourth-order valence-corrected chi connectivity index (χ4v) is 1.85. The van der Waals surface area contributed by atoms with E-state index in [2.05, 4.69) is 21.2 Å². The third-order valence-electron chi connectivity index (χ3n) is 2.58. The molecule has 8 heteroatoms. The normalized spacial score (nSPS) is 11.6. The van der Waals surface area contributed by atoms with E-state index in [0.29, 0.717) is 6.54 Å². The van der Waals surface area contributed by atoms with E-state index in [4.69, 9.17) is 4.74 Å². The van der Waals surface area contributed by atoms with E-state index in [-0.39, 0.29) is 15.7 Å². The van der Waals surface area contributed by atoms with Gasteiger partial charge in [0.15, 0.2) is 6.10 Å². The number of benzene rings is 1. The average molecular weight is 359 g/mol. The lowest BCUT2D eigenvalue weighted by molar-refractivity contribution is -0.385. The van der Waals surface area contributed by atoms with Crippen LogP contribution < -0.4 is 5.32 Å². The van der Waals surface area contributed by atoms with Crippen LogP contribution in [0.5, 0.6) is 0 Å². The molecular weight excluding hydrogens is 344 g/mol. The summed E-state index contributed by atoms with van der Waals surface area (Å²) in [5, 5.41) is 13.4. The lowest BCUT2D eigenvalue weighted by Crippen LogP contribution is -2.36. The van der Waals surface area contributed by atoms with Gasteiger partial charge in [0.25, 0.3) is 11.6 Å². The minimum absolute atomic E-state index is 0.0139. The number of ether oxygens (including phenoxy) is 1. The number of carbonyl (C=O) groups is 2. The molecule has 1 N–H and O–H groups in total. The molecule has 1 atom stereocenters. The summed E-state index contributed by atoms with van der Waals surface area (Å²) in [5.74, 6) is -1.19. The monoisotopic (exact) mass is 358 g/mol. The summed E-state index contributed by atoms with van der Waals surface area (Å²) in [4.78, 5) is 33.7. The highest BCUT2D eigenvalue weighted by atomic mass is 79.9. The second kappa shape index (κ2) is 7.72. The molecule has 1 aromatic rings. The summed E-state index contributed by atoms with van der Waals surface area (Å²) in [6.45, 7) is 3.83. The number of nitro benzene ring substituents is 1. The third kappa shape index (κ3) is 4.82. The number of carbonyl (C=O) groups excluding carboxylic acids is 2. The minimum Gasteiger partial charge on any atom is -0.449 e.